The molecule has 3 atom stereocenters. The first-order chi connectivity index (χ1) is 23.4. The number of morpholine rings is 1. The lowest BCUT2D eigenvalue weighted by Crippen LogP contribution is -2.51. The summed E-state index contributed by atoms with van der Waals surface area (Å²) in [6, 6.07) is 36.1. The van der Waals surface area contributed by atoms with Crippen LogP contribution in [-0.4, -0.2) is 60.6 Å². The van der Waals surface area contributed by atoms with Gasteiger partial charge >= 0.3 is 0 Å². The smallest absolute Gasteiger partial charge is 0.267 e. The average molecular weight is 644 g/mol. The van der Waals surface area contributed by atoms with E-state index in [1.165, 1.54) is 6.92 Å². The van der Waals surface area contributed by atoms with Gasteiger partial charge < -0.3 is 31.0 Å². The number of para-hydroxylation sites is 2. The molecule has 0 aliphatic carbocycles. The molecule has 2 heterocycles. The van der Waals surface area contributed by atoms with Gasteiger partial charge in [0.25, 0.3) is 5.91 Å². The number of carbonyl (C=O) groups is 3. The van der Waals surface area contributed by atoms with Gasteiger partial charge in [-0.15, -0.1) is 0 Å². The van der Waals surface area contributed by atoms with Crippen LogP contribution in [0.15, 0.2) is 115 Å². The van der Waals surface area contributed by atoms with E-state index in [0.29, 0.717) is 37.5 Å². The molecule has 3 amide bonds. The normalized spacial score (nSPS) is 16.7. The summed E-state index contributed by atoms with van der Waals surface area (Å²) < 4.78 is 6.17. The Kier molecular flexibility index (Phi) is 10.6. The van der Waals surface area contributed by atoms with Crippen LogP contribution in [0.3, 0.4) is 0 Å². The zero-order valence-corrected chi connectivity index (χ0v) is 26.9. The van der Waals surface area contributed by atoms with Crippen LogP contribution in [0.1, 0.15) is 46.4 Å². The number of fused-ring (bicyclic) bond motifs is 1. The van der Waals surface area contributed by atoms with Gasteiger partial charge in [-0.05, 0) is 47.7 Å². The second kappa shape index (κ2) is 15.6. The molecule has 246 valence electrons. The van der Waals surface area contributed by atoms with Crippen LogP contribution in [0, 0.1) is 0 Å². The Bertz CT molecular complexity index is 1760. The summed E-state index contributed by atoms with van der Waals surface area (Å²) in [5.74, 6) is -1.10. The molecular formula is C39H41N5O4. The Morgan fingerprint density at radius 3 is 2.19 bits per heavy atom. The summed E-state index contributed by atoms with van der Waals surface area (Å²) in [7, 11) is 0. The molecule has 9 nitrogen and oxygen atoms in total. The first-order valence-electron chi connectivity index (χ1n) is 16.4. The molecule has 1 saturated heterocycles. The van der Waals surface area contributed by atoms with Crippen molar-refractivity contribution in [2.45, 2.75) is 43.9 Å². The molecule has 1 aromatic heterocycles. The minimum atomic E-state index is -0.834. The summed E-state index contributed by atoms with van der Waals surface area (Å²) >= 11 is 0. The lowest BCUT2D eigenvalue weighted by molar-refractivity contribution is -0.125. The van der Waals surface area contributed by atoms with Crippen LogP contribution >= 0.6 is 0 Å². The van der Waals surface area contributed by atoms with Crippen molar-refractivity contribution in [1.29, 1.82) is 0 Å². The Morgan fingerprint density at radius 1 is 0.854 bits per heavy atom. The van der Waals surface area contributed by atoms with Crippen LogP contribution < -0.4 is 21.3 Å². The van der Waals surface area contributed by atoms with Crippen molar-refractivity contribution in [3.8, 4) is 0 Å². The lowest BCUT2D eigenvalue weighted by Gasteiger charge is -2.31. The van der Waals surface area contributed by atoms with Gasteiger partial charge in [0, 0.05) is 48.6 Å². The van der Waals surface area contributed by atoms with Crippen molar-refractivity contribution in [1.82, 2.24) is 20.9 Å². The molecule has 0 radical (unpaired) electrons. The van der Waals surface area contributed by atoms with Gasteiger partial charge in [0.2, 0.25) is 11.8 Å². The van der Waals surface area contributed by atoms with Crippen LogP contribution in [0.25, 0.3) is 10.9 Å². The van der Waals surface area contributed by atoms with Crippen LogP contribution in [0.4, 0.5) is 5.69 Å². The van der Waals surface area contributed by atoms with E-state index >= 15 is 0 Å². The number of aromatic nitrogens is 1. The van der Waals surface area contributed by atoms with E-state index in [4.69, 9.17) is 4.74 Å². The van der Waals surface area contributed by atoms with Gasteiger partial charge in [-0.2, -0.15) is 0 Å². The minimum absolute atomic E-state index is 0.00837. The van der Waals surface area contributed by atoms with E-state index in [-0.39, 0.29) is 35.8 Å². The number of carbonyl (C=O) groups excluding carboxylic acids is 3. The van der Waals surface area contributed by atoms with E-state index in [1.807, 2.05) is 115 Å². The standard InChI is InChI=1S/C39H41N5O4/c1-26(45)42-37(36(28-13-4-2-5-14-28)29-15-6-3-7-16-29)39(47)44-33-18-10-8-12-27(33)20-21-32-24-40-31(25-48-32)23-41-38(46)35-22-30-17-9-11-19-34(30)43-35/h2-19,22,31-32,36-37,40,43H,20-21,23-25H2,1H3,(H,41,46)(H,42,45)(H,44,47)/t31-,32-,37?/m1/s1. The number of aryl methyl sites for hydroxylation is 1. The second-order valence-corrected chi connectivity index (χ2v) is 12.2. The molecule has 4 aromatic carbocycles. The highest BCUT2D eigenvalue weighted by molar-refractivity contribution is 5.99. The Hall–Kier alpha value is -5.25. The van der Waals surface area contributed by atoms with Crippen molar-refractivity contribution in [2.24, 2.45) is 0 Å². The molecule has 1 fully saturated rings. The lowest BCUT2D eigenvalue weighted by atomic mass is 9.84. The highest BCUT2D eigenvalue weighted by atomic mass is 16.5. The zero-order chi connectivity index (χ0) is 33.3. The van der Waals surface area contributed by atoms with Gasteiger partial charge in [0.1, 0.15) is 11.7 Å². The number of H-pyrrole nitrogens is 1. The fourth-order valence-electron chi connectivity index (χ4n) is 6.30. The third-order valence-electron chi connectivity index (χ3n) is 8.75. The first kappa shape index (κ1) is 32.7. The summed E-state index contributed by atoms with van der Waals surface area (Å²) in [6.45, 7) is 3.02. The molecular weight excluding hydrogens is 602 g/mol. The number of hydrogen-bond acceptors (Lipinski definition) is 5. The van der Waals surface area contributed by atoms with E-state index in [1.54, 1.807) is 0 Å². The second-order valence-electron chi connectivity index (χ2n) is 12.2. The summed E-state index contributed by atoms with van der Waals surface area (Å²) in [5.41, 5.74) is 5.03. The monoisotopic (exact) mass is 643 g/mol. The number of nitrogens with one attached hydrogen (secondary N) is 5. The van der Waals surface area contributed by atoms with Crippen molar-refractivity contribution in [3.05, 3.63) is 138 Å². The quantitative estimate of drug-likeness (QED) is 0.129. The van der Waals surface area contributed by atoms with Crippen molar-refractivity contribution in [2.75, 3.05) is 25.0 Å². The molecule has 5 N–H and O–H groups in total. The number of ether oxygens (including phenoxy) is 1. The molecule has 0 bridgehead atoms. The summed E-state index contributed by atoms with van der Waals surface area (Å²) in [6.07, 6.45) is 1.43. The maximum absolute atomic E-state index is 14.0. The van der Waals surface area contributed by atoms with E-state index < -0.39 is 6.04 Å². The third-order valence-corrected chi connectivity index (χ3v) is 8.75. The molecule has 6 rings (SSSR count). The van der Waals surface area contributed by atoms with Crippen molar-refractivity contribution in [3.63, 3.8) is 0 Å². The summed E-state index contributed by atoms with van der Waals surface area (Å²) in [5, 5.41) is 13.6. The fraction of sp³-hybridized carbons (Fsp3) is 0.256. The van der Waals surface area contributed by atoms with Gasteiger partial charge in [0.05, 0.1) is 12.7 Å². The number of hydrogen-bond donors (Lipinski definition) is 5. The van der Waals surface area contributed by atoms with Crippen LogP contribution in [0.5, 0.6) is 0 Å². The molecule has 1 aliphatic rings. The zero-order valence-electron chi connectivity index (χ0n) is 26.9. The largest absolute Gasteiger partial charge is 0.375 e. The Balaban J connectivity index is 1.05. The van der Waals surface area contributed by atoms with E-state index in [0.717, 1.165) is 34.0 Å². The number of benzene rings is 4. The highest BCUT2D eigenvalue weighted by Crippen LogP contribution is 2.30. The minimum Gasteiger partial charge on any atom is -0.375 e. The van der Waals surface area contributed by atoms with Gasteiger partial charge in [-0.1, -0.05) is 97.1 Å². The maximum atomic E-state index is 14.0. The number of amides is 3. The topological polar surface area (TPSA) is 124 Å². The molecule has 9 heteroatoms. The average Bonchev–Trinajstić information content (AvgIpc) is 3.56. The predicted molar refractivity (Wildman–Crippen MR) is 188 cm³/mol. The van der Waals surface area contributed by atoms with Crippen LogP contribution in [0.2, 0.25) is 0 Å². The fourth-order valence-corrected chi connectivity index (χ4v) is 6.30. The van der Waals surface area contributed by atoms with Gasteiger partial charge in [-0.25, -0.2) is 0 Å². The number of aromatic amines is 1. The van der Waals surface area contributed by atoms with Crippen LogP contribution in [-0.2, 0) is 20.7 Å². The highest BCUT2D eigenvalue weighted by Gasteiger charge is 2.32. The molecule has 1 aliphatic heterocycles. The molecule has 0 saturated carbocycles. The third kappa shape index (κ3) is 8.17. The van der Waals surface area contributed by atoms with Crippen molar-refractivity contribution >= 4 is 34.3 Å². The Labute approximate surface area is 280 Å². The number of anilines is 1. The predicted octanol–water partition coefficient (Wildman–Crippen LogP) is 5.16. The van der Waals surface area contributed by atoms with Gasteiger partial charge in [-0.3, -0.25) is 14.4 Å². The van der Waals surface area contributed by atoms with Crippen molar-refractivity contribution < 1.29 is 19.1 Å². The van der Waals surface area contributed by atoms with Gasteiger partial charge in [0.15, 0.2) is 0 Å². The maximum Gasteiger partial charge on any atom is 0.267 e. The Morgan fingerprint density at radius 2 is 1.52 bits per heavy atom. The van der Waals surface area contributed by atoms with E-state index in [2.05, 4.69) is 26.3 Å². The van der Waals surface area contributed by atoms with E-state index in [9.17, 15) is 14.4 Å². The molecule has 48 heavy (non-hydrogen) atoms. The molecule has 1 unspecified atom stereocenters. The molecule has 0 spiro atoms. The number of rotatable bonds is 12. The summed E-state index contributed by atoms with van der Waals surface area (Å²) in [4.78, 5) is 42.2. The first-order valence-corrected chi connectivity index (χ1v) is 16.4. The molecule has 5 aromatic rings. The SMILES string of the molecule is CC(=O)NC(C(=O)Nc1ccccc1CC[C@@H]1CN[C@H](CNC(=O)c2cc3ccccc3[nH]2)CO1)C(c1ccccc1)c1ccccc1.